The van der Waals surface area contributed by atoms with E-state index in [2.05, 4.69) is 26.5 Å². The van der Waals surface area contributed by atoms with Crippen LogP contribution >= 0.6 is 12.4 Å². The molecule has 3 aromatic rings. The molecule has 0 unspecified atom stereocenters. The van der Waals surface area contributed by atoms with Crippen molar-refractivity contribution in [3.8, 4) is 11.5 Å². The highest BCUT2D eigenvalue weighted by molar-refractivity contribution is 5.92. The molecule has 0 atom stereocenters. The number of nitrogens with zero attached hydrogens (tertiary/aromatic N) is 3. The highest BCUT2D eigenvalue weighted by atomic mass is 35.5. The van der Waals surface area contributed by atoms with Gasteiger partial charge in [-0.2, -0.15) is 4.98 Å². The average molecular weight is 331 g/mol. The quantitative estimate of drug-likeness (QED) is 0.798. The van der Waals surface area contributed by atoms with Crippen molar-refractivity contribution in [2.75, 3.05) is 13.1 Å². The monoisotopic (exact) mass is 330 g/mol. The number of fused-ring (bicyclic) bond motifs is 1. The van der Waals surface area contributed by atoms with Gasteiger partial charge in [0.25, 0.3) is 0 Å². The summed E-state index contributed by atoms with van der Waals surface area (Å²) in [5.74, 6) is 1.94. The molecule has 2 aromatic heterocycles. The first kappa shape index (κ1) is 15.9. The summed E-state index contributed by atoms with van der Waals surface area (Å²) in [7, 11) is 0. The Morgan fingerprint density at radius 2 is 1.96 bits per heavy atom. The topological polar surface area (TPSA) is 63.8 Å². The van der Waals surface area contributed by atoms with Crippen LogP contribution in [0.2, 0.25) is 0 Å². The molecular weight excluding hydrogens is 312 g/mol. The van der Waals surface area contributed by atoms with Crippen molar-refractivity contribution in [3.05, 3.63) is 42.4 Å². The second kappa shape index (κ2) is 7.06. The Bertz CT molecular complexity index is 778. The van der Waals surface area contributed by atoms with Crippen LogP contribution in [0, 0.1) is 5.92 Å². The first-order chi connectivity index (χ1) is 10.9. The van der Waals surface area contributed by atoms with Gasteiger partial charge in [-0.15, -0.1) is 12.4 Å². The maximum Gasteiger partial charge on any atom is 0.227 e. The predicted molar refractivity (Wildman–Crippen MR) is 91.6 cm³/mol. The minimum absolute atomic E-state index is 0. The Hall–Kier alpha value is -1.98. The van der Waals surface area contributed by atoms with Crippen molar-refractivity contribution in [1.29, 1.82) is 0 Å². The minimum atomic E-state index is 0. The number of piperidine rings is 1. The van der Waals surface area contributed by atoms with Gasteiger partial charge >= 0.3 is 0 Å². The van der Waals surface area contributed by atoms with Gasteiger partial charge in [0.05, 0.1) is 0 Å². The first-order valence-corrected chi connectivity index (χ1v) is 7.77. The van der Waals surface area contributed by atoms with Gasteiger partial charge in [-0.1, -0.05) is 29.4 Å². The lowest BCUT2D eigenvalue weighted by molar-refractivity contribution is 0.313. The molecule has 120 valence electrons. The summed E-state index contributed by atoms with van der Waals surface area (Å²) in [6.45, 7) is 2.16. The van der Waals surface area contributed by atoms with Crippen LogP contribution in [-0.2, 0) is 6.42 Å². The highest BCUT2D eigenvalue weighted by Crippen LogP contribution is 2.25. The zero-order valence-corrected chi connectivity index (χ0v) is 13.6. The Balaban J connectivity index is 0.00000156. The second-order valence-electron chi connectivity index (χ2n) is 5.79. The molecule has 0 aliphatic carbocycles. The Morgan fingerprint density at radius 3 is 2.83 bits per heavy atom. The van der Waals surface area contributed by atoms with E-state index in [-0.39, 0.29) is 12.4 Å². The van der Waals surface area contributed by atoms with Crippen LogP contribution in [0.25, 0.3) is 22.3 Å². The van der Waals surface area contributed by atoms with Crippen molar-refractivity contribution in [2.45, 2.75) is 19.3 Å². The predicted octanol–water partition coefficient (Wildman–Crippen LogP) is 3.25. The summed E-state index contributed by atoms with van der Waals surface area (Å²) >= 11 is 0. The van der Waals surface area contributed by atoms with Gasteiger partial charge in [0.15, 0.2) is 0 Å². The van der Waals surface area contributed by atoms with Crippen LogP contribution in [-0.4, -0.2) is 28.2 Å². The van der Waals surface area contributed by atoms with E-state index in [4.69, 9.17) is 4.52 Å². The van der Waals surface area contributed by atoms with Gasteiger partial charge in [0, 0.05) is 18.0 Å². The number of rotatable bonds is 3. The van der Waals surface area contributed by atoms with Gasteiger partial charge in [-0.3, -0.25) is 4.98 Å². The van der Waals surface area contributed by atoms with E-state index in [9.17, 15) is 0 Å². The van der Waals surface area contributed by atoms with Crippen LogP contribution in [0.3, 0.4) is 0 Å². The molecule has 5 nitrogen and oxygen atoms in total. The molecule has 3 heterocycles. The number of hydrogen-bond donors (Lipinski definition) is 1. The zero-order chi connectivity index (χ0) is 14.8. The maximum absolute atomic E-state index is 5.45. The van der Waals surface area contributed by atoms with Gasteiger partial charge in [0.2, 0.25) is 11.7 Å². The summed E-state index contributed by atoms with van der Waals surface area (Å²) in [5, 5.41) is 9.70. The summed E-state index contributed by atoms with van der Waals surface area (Å²) in [5.41, 5.74) is 0.790. The van der Waals surface area contributed by atoms with Crippen molar-refractivity contribution in [3.63, 3.8) is 0 Å². The lowest BCUT2D eigenvalue weighted by Crippen LogP contribution is -2.28. The Kier molecular flexibility index (Phi) is 4.88. The molecular formula is C17H19ClN4O. The molecule has 1 fully saturated rings. The van der Waals surface area contributed by atoms with Gasteiger partial charge < -0.3 is 9.84 Å². The standard InChI is InChI=1S/C17H18N4O.ClH/c1-2-4-14-13(3-1)7-10-19-16(14)17-20-15(22-21-17)11-12-5-8-18-9-6-12;/h1-4,7,10,12,18H,5-6,8-9,11H2;1H. The number of halogens is 1. The SMILES string of the molecule is Cl.c1ccc2c(-c3noc(CC4CCNCC4)n3)nccc2c1. The average Bonchev–Trinajstić information content (AvgIpc) is 3.03. The lowest BCUT2D eigenvalue weighted by atomic mass is 9.95. The Labute approximate surface area is 140 Å². The normalized spacial score (nSPS) is 15.5. The fourth-order valence-electron chi connectivity index (χ4n) is 3.06. The molecule has 0 spiro atoms. The van der Waals surface area contributed by atoms with Gasteiger partial charge in [-0.05, 0) is 43.3 Å². The summed E-state index contributed by atoms with van der Waals surface area (Å²) in [4.78, 5) is 9.01. The van der Waals surface area contributed by atoms with E-state index in [0.717, 1.165) is 41.9 Å². The van der Waals surface area contributed by atoms with Crippen LogP contribution in [0.1, 0.15) is 18.7 Å². The van der Waals surface area contributed by atoms with Gasteiger partial charge in [0.1, 0.15) is 5.69 Å². The highest BCUT2D eigenvalue weighted by Gasteiger charge is 2.18. The molecule has 23 heavy (non-hydrogen) atoms. The van der Waals surface area contributed by atoms with E-state index in [0.29, 0.717) is 11.7 Å². The molecule has 4 rings (SSSR count). The van der Waals surface area contributed by atoms with Crippen molar-refractivity contribution < 1.29 is 4.52 Å². The Morgan fingerprint density at radius 1 is 1.13 bits per heavy atom. The van der Waals surface area contributed by atoms with E-state index in [1.165, 1.54) is 12.8 Å². The van der Waals surface area contributed by atoms with Crippen LogP contribution in [0.4, 0.5) is 0 Å². The van der Waals surface area contributed by atoms with E-state index in [1.54, 1.807) is 6.20 Å². The molecule has 1 aliphatic rings. The maximum atomic E-state index is 5.45. The summed E-state index contributed by atoms with van der Waals surface area (Å²) in [6.07, 6.45) is 4.99. The lowest BCUT2D eigenvalue weighted by Gasteiger charge is -2.20. The van der Waals surface area contributed by atoms with Crippen LogP contribution < -0.4 is 5.32 Å². The van der Waals surface area contributed by atoms with Crippen LogP contribution in [0.15, 0.2) is 41.1 Å². The fourth-order valence-corrected chi connectivity index (χ4v) is 3.06. The molecule has 1 N–H and O–H groups in total. The molecule has 0 amide bonds. The molecule has 1 aromatic carbocycles. The second-order valence-corrected chi connectivity index (χ2v) is 5.79. The third kappa shape index (κ3) is 3.35. The number of benzene rings is 1. The van der Waals surface area contributed by atoms with E-state index in [1.807, 2.05) is 24.3 Å². The van der Waals surface area contributed by atoms with Crippen LogP contribution in [0.5, 0.6) is 0 Å². The summed E-state index contributed by atoms with van der Waals surface area (Å²) in [6, 6.07) is 10.1. The number of aromatic nitrogens is 3. The molecule has 1 aliphatic heterocycles. The minimum Gasteiger partial charge on any atom is -0.339 e. The summed E-state index contributed by atoms with van der Waals surface area (Å²) < 4.78 is 5.45. The smallest absolute Gasteiger partial charge is 0.227 e. The fraction of sp³-hybridized carbons (Fsp3) is 0.353. The number of hydrogen-bond acceptors (Lipinski definition) is 5. The van der Waals surface area contributed by atoms with Gasteiger partial charge in [-0.25, -0.2) is 0 Å². The number of pyridine rings is 1. The van der Waals surface area contributed by atoms with Crippen molar-refractivity contribution in [1.82, 2.24) is 20.4 Å². The molecule has 0 radical (unpaired) electrons. The molecule has 0 saturated carbocycles. The third-order valence-corrected chi connectivity index (χ3v) is 4.28. The zero-order valence-electron chi connectivity index (χ0n) is 12.7. The molecule has 0 bridgehead atoms. The molecule has 1 saturated heterocycles. The largest absolute Gasteiger partial charge is 0.339 e. The van der Waals surface area contributed by atoms with E-state index >= 15 is 0 Å². The number of nitrogens with one attached hydrogen (secondary N) is 1. The third-order valence-electron chi connectivity index (χ3n) is 4.28. The van der Waals surface area contributed by atoms with Crippen molar-refractivity contribution >= 4 is 23.2 Å². The van der Waals surface area contributed by atoms with Crippen molar-refractivity contribution in [2.24, 2.45) is 5.92 Å². The first-order valence-electron chi connectivity index (χ1n) is 7.77. The van der Waals surface area contributed by atoms with E-state index < -0.39 is 0 Å². The molecule has 6 heteroatoms.